The maximum absolute atomic E-state index is 12.0. The summed E-state index contributed by atoms with van der Waals surface area (Å²) in [6.45, 7) is 0.376. The number of ether oxygens (including phenoxy) is 1. The number of amides is 1. The average Bonchev–Trinajstić information content (AvgIpc) is 2.95. The van der Waals surface area contributed by atoms with Gasteiger partial charge in [-0.05, 0) is 18.6 Å². The number of nitrogens with zero attached hydrogens (tertiary/aromatic N) is 1. The van der Waals surface area contributed by atoms with Gasteiger partial charge in [0, 0.05) is 12.8 Å². The molecular weight excluding hydrogens is 304 g/mol. The molecule has 1 aromatic rings. The zero-order valence-corrected chi connectivity index (χ0v) is 12.7. The molecule has 0 bridgehead atoms. The van der Waals surface area contributed by atoms with Crippen LogP contribution in [0.1, 0.15) is 19.3 Å². The normalized spacial score (nSPS) is 14.3. The van der Waals surface area contributed by atoms with Gasteiger partial charge in [0.25, 0.3) is 0 Å². The molecule has 0 saturated heterocycles. The van der Waals surface area contributed by atoms with Gasteiger partial charge < -0.3 is 4.74 Å². The third-order valence-electron chi connectivity index (χ3n) is 3.18. The van der Waals surface area contributed by atoms with Crippen molar-refractivity contribution in [2.24, 2.45) is 0 Å². The van der Waals surface area contributed by atoms with Crippen LogP contribution in [0.25, 0.3) is 0 Å². The summed E-state index contributed by atoms with van der Waals surface area (Å²) in [4.78, 5) is 12.0. The Hall–Kier alpha value is -2.33. The highest BCUT2D eigenvalue weighted by Crippen LogP contribution is 2.16. The van der Waals surface area contributed by atoms with E-state index in [-0.39, 0.29) is 35.3 Å². The van der Waals surface area contributed by atoms with Gasteiger partial charge in [0.1, 0.15) is 6.07 Å². The van der Waals surface area contributed by atoms with Crippen LogP contribution in [0.5, 0.6) is 0 Å². The third kappa shape index (κ3) is 4.09. The highest BCUT2D eigenvalue weighted by Gasteiger charge is 2.19. The molecule has 0 spiro atoms. The number of nitriles is 1. The Morgan fingerprint density at radius 2 is 2.05 bits per heavy atom. The fourth-order valence-corrected chi connectivity index (χ4v) is 3.36. The monoisotopic (exact) mass is 320 g/mol. The van der Waals surface area contributed by atoms with Crippen molar-refractivity contribution in [1.82, 2.24) is 5.32 Å². The highest BCUT2D eigenvalue weighted by atomic mass is 32.2. The van der Waals surface area contributed by atoms with E-state index < -0.39 is 9.84 Å². The fourth-order valence-electron chi connectivity index (χ4n) is 2.03. The molecule has 7 heteroatoms. The Morgan fingerprint density at radius 1 is 1.32 bits per heavy atom. The Kier molecular flexibility index (Phi) is 5.17. The fraction of sp³-hybridized carbons (Fsp3) is 0.333. The minimum atomic E-state index is -3.37. The number of sulfone groups is 1. The van der Waals surface area contributed by atoms with Crippen LogP contribution in [0.2, 0.25) is 0 Å². The summed E-state index contributed by atoms with van der Waals surface area (Å²) < 4.78 is 29.2. The van der Waals surface area contributed by atoms with Crippen molar-refractivity contribution in [1.29, 1.82) is 5.26 Å². The maximum Gasteiger partial charge on any atom is 0.226 e. The topological polar surface area (TPSA) is 96.3 Å². The third-order valence-corrected chi connectivity index (χ3v) is 5.00. The Labute approximate surface area is 129 Å². The Morgan fingerprint density at radius 3 is 2.73 bits per heavy atom. The van der Waals surface area contributed by atoms with Crippen LogP contribution in [0, 0.1) is 11.3 Å². The number of benzene rings is 1. The van der Waals surface area contributed by atoms with Gasteiger partial charge in [-0.3, -0.25) is 10.1 Å². The lowest BCUT2D eigenvalue weighted by atomic mass is 10.2. The number of carbonyl (C=O) groups excluding carboxylic acids is 1. The molecule has 0 radical (unpaired) electrons. The molecule has 0 fully saturated rings. The van der Waals surface area contributed by atoms with E-state index in [1.54, 1.807) is 18.2 Å². The van der Waals surface area contributed by atoms with Crippen LogP contribution < -0.4 is 5.32 Å². The van der Waals surface area contributed by atoms with Gasteiger partial charge in [-0.25, -0.2) is 8.42 Å². The summed E-state index contributed by atoms with van der Waals surface area (Å²) in [5, 5.41) is 11.3. The molecule has 1 amide bonds. The predicted octanol–water partition coefficient (Wildman–Crippen LogP) is 1.51. The quantitative estimate of drug-likeness (QED) is 0.857. The van der Waals surface area contributed by atoms with E-state index in [1.807, 2.05) is 6.07 Å². The maximum atomic E-state index is 12.0. The lowest BCUT2D eigenvalue weighted by Gasteiger charge is -2.07. The summed E-state index contributed by atoms with van der Waals surface area (Å²) in [7, 11) is -3.37. The first-order valence-corrected chi connectivity index (χ1v) is 8.52. The van der Waals surface area contributed by atoms with Crippen molar-refractivity contribution >= 4 is 15.7 Å². The average molecular weight is 320 g/mol. The first-order chi connectivity index (χ1) is 10.5. The van der Waals surface area contributed by atoms with E-state index in [0.717, 1.165) is 0 Å². The molecule has 2 rings (SSSR count). The second kappa shape index (κ2) is 7.09. The molecular formula is C15H16N2O4S. The first-order valence-electron chi connectivity index (χ1n) is 6.86. The van der Waals surface area contributed by atoms with Gasteiger partial charge in [-0.15, -0.1) is 0 Å². The van der Waals surface area contributed by atoms with Gasteiger partial charge in [0.2, 0.25) is 11.8 Å². The van der Waals surface area contributed by atoms with Crippen molar-refractivity contribution in [3.8, 4) is 6.07 Å². The minimum absolute atomic E-state index is 0.0532. The SMILES string of the molecule is N#CC1=C(NC(=O)CCCS(=O)(=O)c2ccccc2)OCC1. The van der Waals surface area contributed by atoms with E-state index in [2.05, 4.69) is 5.32 Å². The zero-order valence-electron chi connectivity index (χ0n) is 11.9. The van der Waals surface area contributed by atoms with Gasteiger partial charge in [0.15, 0.2) is 9.84 Å². The Bertz CT molecular complexity index is 718. The summed E-state index contributed by atoms with van der Waals surface area (Å²) >= 11 is 0. The van der Waals surface area contributed by atoms with Gasteiger partial charge >= 0.3 is 0 Å². The molecule has 1 heterocycles. The number of rotatable bonds is 6. The molecule has 0 aliphatic carbocycles. The molecule has 0 aromatic heterocycles. The van der Waals surface area contributed by atoms with E-state index in [1.165, 1.54) is 12.1 Å². The molecule has 1 aromatic carbocycles. The van der Waals surface area contributed by atoms with Crippen molar-refractivity contribution < 1.29 is 17.9 Å². The zero-order chi connectivity index (χ0) is 16.0. The van der Waals surface area contributed by atoms with Crippen LogP contribution >= 0.6 is 0 Å². The highest BCUT2D eigenvalue weighted by molar-refractivity contribution is 7.91. The summed E-state index contributed by atoms with van der Waals surface area (Å²) in [6, 6.07) is 10.1. The van der Waals surface area contributed by atoms with Crippen molar-refractivity contribution in [2.45, 2.75) is 24.2 Å². The minimum Gasteiger partial charge on any atom is -0.478 e. The molecule has 1 N–H and O–H groups in total. The van der Waals surface area contributed by atoms with E-state index in [9.17, 15) is 13.2 Å². The summed E-state index contributed by atoms with van der Waals surface area (Å²) in [5.41, 5.74) is 0.408. The van der Waals surface area contributed by atoms with E-state index in [4.69, 9.17) is 10.00 Å². The van der Waals surface area contributed by atoms with Crippen molar-refractivity contribution in [3.63, 3.8) is 0 Å². The second-order valence-corrected chi connectivity index (χ2v) is 6.91. The van der Waals surface area contributed by atoms with Crippen molar-refractivity contribution in [2.75, 3.05) is 12.4 Å². The molecule has 6 nitrogen and oxygen atoms in total. The summed E-state index contributed by atoms with van der Waals surface area (Å²) in [6.07, 6.45) is 0.740. The predicted molar refractivity (Wildman–Crippen MR) is 79.1 cm³/mol. The van der Waals surface area contributed by atoms with Gasteiger partial charge in [0.05, 0.1) is 22.8 Å². The number of hydrogen-bond acceptors (Lipinski definition) is 5. The number of hydrogen-bond donors (Lipinski definition) is 1. The van der Waals surface area contributed by atoms with Crippen LogP contribution in [0.3, 0.4) is 0 Å². The standard InChI is InChI=1S/C15H16N2O4S/c16-11-12-8-9-21-15(12)17-14(18)7-4-10-22(19,20)13-5-2-1-3-6-13/h1-3,5-6H,4,7-10H2,(H,17,18). The van der Waals surface area contributed by atoms with Crippen LogP contribution in [0.15, 0.2) is 46.7 Å². The van der Waals surface area contributed by atoms with Gasteiger partial charge in [-0.2, -0.15) is 5.26 Å². The van der Waals surface area contributed by atoms with Crippen LogP contribution in [0.4, 0.5) is 0 Å². The van der Waals surface area contributed by atoms with Gasteiger partial charge in [-0.1, -0.05) is 18.2 Å². The lowest BCUT2D eigenvalue weighted by molar-refractivity contribution is -0.121. The molecule has 0 atom stereocenters. The lowest BCUT2D eigenvalue weighted by Crippen LogP contribution is -2.24. The molecule has 0 unspecified atom stereocenters. The Balaban J connectivity index is 1.84. The second-order valence-electron chi connectivity index (χ2n) is 4.80. The largest absolute Gasteiger partial charge is 0.478 e. The number of carbonyl (C=O) groups is 1. The van der Waals surface area contributed by atoms with Crippen molar-refractivity contribution in [3.05, 3.63) is 41.8 Å². The molecule has 0 saturated carbocycles. The van der Waals surface area contributed by atoms with Crippen LogP contribution in [-0.4, -0.2) is 26.7 Å². The molecule has 1 aliphatic rings. The number of nitrogens with one attached hydrogen (secondary N) is 1. The summed E-state index contributed by atoms with van der Waals surface area (Å²) in [5.74, 6) is -0.263. The first kappa shape index (κ1) is 16.0. The molecule has 22 heavy (non-hydrogen) atoms. The molecule has 1 aliphatic heterocycles. The van der Waals surface area contributed by atoms with E-state index >= 15 is 0 Å². The van der Waals surface area contributed by atoms with E-state index in [0.29, 0.717) is 18.6 Å². The van der Waals surface area contributed by atoms with Crippen LogP contribution in [-0.2, 0) is 19.4 Å². The smallest absolute Gasteiger partial charge is 0.226 e. The molecule has 116 valence electrons.